The van der Waals surface area contributed by atoms with Crippen molar-refractivity contribution >= 4 is 11.9 Å². The Kier molecular flexibility index (Phi) is 16.9. The molecule has 5 atom stereocenters. The molecule has 2 aromatic rings. The number of hydrogen-bond acceptors (Lipinski definition) is 11. The van der Waals surface area contributed by atoms with E-state index < -0.39 is 53.0 Å². The Bertz CT molecular complexity index is 1450. The number of unbranched alkanes of at least 4 members (excludes halogenated alkanes) is 2. The van der Waals surface area contributed by atoms with Gasteiger partial charge in [-0.2, -0.15) is 13.2 Å². The maximum Gasteiger partial charge on any atom is 0.416 e. The van der Waals surface area contributed by atoms with Crippen molar-refractivity contribution in [2.24, 2.45) is 11.8 Å². The van der Waals surface area contributed by atoms with E-state index in [1.807, 2.05) is 12.2 Å². The summed E-state index contributed by atoms with van der Waals surface area (Å²) in [6.45, 7) is -0.192. The fraction of sp³-hybridized carbons (Fsp3) is 0.500. The van der Waals surface area contributed by atoms with Gasteiger partial charge in [-0.25, -0.2) is 0 Å². The standard InChI is InChI=1S/C36H44F3NO11/c37-36(38,39)26-8-7-9-29(22-26)49-24-27(41)15-18-31-30(32(42)23-33(31)43)10-3-1-2-4-12-35(45)51-28-16-13-25(14-17-28)19-21-48-34(44)11-5-6-20-50-40(46)47/h1,3,7-9,13-18,22,27,30-33,41-43H,2,4-6,10-12,19-21,23-24H2/t27-,30-,31-,32+,33-/m1/s1. The SMILES string of the molecule is O=C(CCCCO[N+](=O)[O-])OCCc1ccc(OC(=O)CCCC=CC[C@@H]2[C@@H](C=C[C@@H](O)COc3cccc(C(F)(F)F)c3)[C@H](O)C[C@@H]2O)cc1. The van der Waals surface area contributed by atoms with Crippen LogP contribution >= 0.6 is 0 Å². The molecule has 1 fully saturated rings. The van der Waals surface area contributed by atoms with Crippen LogP contribution in [0.2, 0.25) is 0 Å². The molecule has 0 aromatic heterocycles. The van der Waals surface area contributed by atoms with E-state index in [0.717, 1.165) is 17.7 Å². The fourth-order valence-corrected chi connectivity index (χ4v) is 5.47. The minimum absolute atomic E-state index is 0.0371. The topological polar surface area (TPSA) is 175 Å². The van der Waals surface area contributed by atoms with Crippen molar-refractivity contribution in [2.45, 2.75) is 82.3 Å². The lowest BCUT2D eigenvalue weighted by Gasteiger charge is -2.19. The van der Waals surface area contributed by atoms with Gasteiger partial charge in [-0.1, -0.05) is 42.5 Å². The maximum absolute atomic E-state index is 12.9. The summed E-state index contributed by atoms with van der Waals surface area (Å²) in [7, 11) is 0. The predicted molar refractivity (Wildman–Crippen MR) is 177 cm³/mol. The summed E-state index contributed by atoms with van der Waals surface area (Å²) < 4.78 is 54.6. The van der Waals surface area contributed by atoms with E-state index in [0.29, 0.717) is 44.3 Å². The van der Waals surface area contributed by atoms with E-state index in [-0.39, 0.29) is 50.8 Å². The summed E-state index contributed by atoms with van der Waals surface area (Å²) in [5.41, 5.74) is 0.0170. The molecule has 1 aliphatic rings. The third-order valence-corrected chi connectivity index (χ3v) is 8.16. The molecule has 0 amide bonds. The molecule has 12 nitrogen and oxygen atoms in total. The molecule has 0 unspecified atom stereocenters. The Labute approximate surface area is 293 Å². The van der Waals surface area contributed by atoms with Crippen LogP contribution in [0.4, 0.5) is 13.2 Å². The molecule has 3 N–H and O–H groups in total. The molecule has 0 heterocycles. The van der Waals surface area contributed by atoms with Gasteiger partial charge in [0.05, 0.1) is 31.0 Å². The first-order valence-electron chi connectivity index (χ1n) is 16.7. The number of halogens is 3. The lowest BCUT2D eigenvalue weighted by atomic mass is 9.89. The summed E-state index contributed by atoms with van der Waals surface area (Å²) in [6.07, 6.45) is 2.79. The molecule has 1 aliphatic carbocycles. The van der Waals surface area contributed by atoms with Crippen LogP contribution in [0.3, 0.4) is 0 Å². The van der Waals surface area contributed by atoms with Gasteiger partial charge in [0.1, 0.15) is 24.2 Å². The Morgan fingerprint density at radius 2 is 1.71 bits per heavy atom. The van der Waals surface area contributed by atoms with Crippen LogP contribution in [0.15, 0.2) is 72.8 Å². The van der Waals surface area contributed by atoms with Crippen LogP contribution in [0, 0.1) is 22.0 Å². The first-order chi connectivity index (χ1) is 24.3. The van der Waals surface area contributed by atoms with Crippen molar-refractivity contribution in [1.29, 1.82) is 0 Å². The van der Waals surface area contributed by atoms with Crippen molar-refractivity contribution in [3.8, 4) is 11.5 Å². The van der Waals surface area contributed by atoms with Crippen LogP contribution in [-0.4, -0.2) is 70.5 Å². The van der Waals surface area contributed by atoms with Crippen LogP contribution in [-0.2, 0) is 31.8 Å². The highest BCUT2D eigenvalue weighted by Gasteiger charge is 2.39. The molecule has 3 rings (SSSR count). The quantitative estimate of drug-likeness (QED) is 0.0368. The van der Waals surface area contributed by atoms with Gasteiger partial charge in [0, 0.05) is 31.6 Å². The Morgan fingerprint density at radius 1 is 0.961 bits per heavy atom. The zero-order chi connectivity index (χ0) is 37.2. The van der Waals surface area contributed by atoms with Gasteiger partial charge >= 0.3 is 18.1 Å². The second kappa shape index (κ2) is 21.0. The van der Waals surface area contributed by atoms with Crippen molar-refractivity contribution < 1.29 is 62.2 Å². The minimum Gasteiger partial charge on any atom is -0.491 e. The first-order valence-corrected chi connectivity index (χ1v) is 16.7. The number of rotatable bonds is 21. The van der Waals surface area contributed by atoms with Crippen molar-refractivity contribution in [3.63, 3.8) is 0 Å². The van der Waals surface area contributed by atoms with Gasteiger partial charge < -0.3 is 34.4 Å². The number of aliphatic hydroxyl groups is 3. The average molecular weight is 724 g/mol. The Hall–Kier alpha value is -4.47. The third kappa shape index (κ3) is 15.5. The van der Waals surface area contributed by atoms with E-state index in [2.05, 4.69) is 4.84 Å². The van der Waals surface area contributed by atoms with E-state index in [1.165, 1.54) is 18.2 Å². The summed E-state index contributed by atoms with van der Waals surface area (Å²) in [5.74, 6) is -1.22. The van der Waals surface area contributed by atoms with E-state index in [1.54, 1.807) is 30.3 Å². The summed E-state index contributed by atoms with van der Waals surface area (Å²) in [5, 5.41) is 40.5. The highest BCUT2D eigenvalue weighted by Crippen LogP contribution is 2.36. The number of alkyl halides is 3. The van der Waals surface area contributed by atoms with Crippen molar-refractivity contribution in [3.05, 3.63) is 94.1 Å². The van der Waals surface area contributed by atoms with Crippen LogP contribution in [0.25, 0.3) is 0 Å². The van der Waals surface area contributed by atoms with Crippen molar-refractivity contribution in [2.75, 3.05) is 19.8 Å². The average Bonchev–Trinajstić information content (AvgIpc) is 3.35. The minimum atomic E-state index is -4.52. The zero-order valence-corrected chi connectivity index (χ0v) is 28.0. The number of ether oxygens (including phenoxy) is 3. The number of benzene rings is 2. The second-order valence-electron chi connectivity index (χ2n) is 12.1. The smallest absolute Gasteiger partial charge is 0.416 e. The molecule has 51 heavy (non-hydrogen) atoms. The molecule has 1 saturated carbocycles. The van der Waals surface area contributed by atoms with Gasteiger partial charge in [-0.3, -0.25) is 9.59 Å². The van der Waals surface area contributed by atoms with Gasteiger partial charge in [0.25, 0.3) is 5.09 Å². The highest BCUT2D eigenvalue weighted by molar-refractivity contribution is 5.72. The first kappa shape index (κ1) is 41.0. The lowest BCUT2D eigenvalue weighted by molar-refractivity contribution is -0.757. The summed E-state index contributed by atoms with van der Waals surface area (Å²) in [4.78, 5) is 38.3. The number of allylic oxidation sites excluding steroid dienone is 2. The number of carbonyl (C=O) groups is 2. The molecule has 0 saturated heterocycles. The van der Waals surface area contributed by atoms with E-state index in [4.69, 9.17) is 14.2 Å². The molecule has 280 valence electrons. The number of aliphatic hydroxyl groups excluding tert-OH is 3. The fourth-order valence-electron chi connectivity index (χ4n) is 5.47. The normalized spacial score (nSPS) is 19.6. The van der Waals surface area contributed by atoms with Gasteiger partial charge in [-0.05, 0) is 73.9 Å². The molecular formula is C36H44F3NO11. The molecule has 0 spiro atoms. The van der Waals surface area contributed by atoms with Crippen LogP contribution < -0.4 is 9.47 Å². The molecule has 2 aromatic carbocycles. The predicted octanol–water partition coefficient (Wildman–Crippen LogP) is 5.55. The molecule has 0 radical (unpaired) electrons. The monoisotopic (exact) mass is 723 g/mol. The summed E-state index contributed by atoms with van der Waals surface area (Å²) in [6, 6.07) is 11.2. The second-order valence-corrected chi connectivity index (χ2v) is 12.1. The Balaban J connectivity index is 1.31. The van der Waals surface area contributed by atoms with Crippen molar-refractivity contribution in [1.82, 2.24) is 0 Å². The molecule has 0 bridgehead atoms. The Morgan fingerprint density at radius 3 is 2.43 bits per heavy atom. The number of hydrogen-bond donors (Lipinski definition) is 3. The molecular weight excluding hydrogens is 679 g/mol. The van der Waals surface area contributed by atoms with Crippen LogP contribution in [0.5, 0.6) is 11.5 Å². The van der Waals surface area contributed by atoms with Gasteiger partial charge in [0.2, 0.25) is 0 Å². The number of carbonyl (C=O) groups excluding carboxylic acids is 2. The van der Waals surface area contributed by atoms with E-state index >= 15 is 0 Å². The molecule has 0 aliphatic heterocycles. The maximum atomic E-state index is 12.9. The zero-order valence-electron chi connectivity index (χ0n) is 28.0. The van der Waals surface area contributed by atoms with Gasteiger partial charge in [-0.15, -0.1) is 10.1 Å². The third-order valence-electron chi connectivity index (χ3n) is 8.16. The largest absolute Gasteiger partial charge is 0.491 e. The number of esters is 2. The highest BCUT2D eigenvalue weighted by atomic mass is 19.4. The van der Waals surface area contributed by atoms with Gasteiger partial charge in [0.15, 0.2) is 0 Å². The lowest BCUT2D eigenvalue weighted by Crippen LogP contribution is -2.21. The molecule has 15 heteroatoms. The van der Waals surface area contributed by atoms with E-state index in [9.17, 15) is 48.2 Å². The van der Waals surface area contributed by atoms with Crippen LogP contribution in [0.1, 0.15) is 62.5 Å². The number of nitrogens with zero attached hydrogens (tertiary/aromatic N) is 1. The summed E-state index contributed by atoms with van der Waals surface area (Å²) >= 11 is 0.